The number of rotatable bonds is 4. The lowest BCUT2D eigenvalue weighted by Gasteiger charge is -2.26. The normalized spacial score (nSPS) is 16.4. The number of thiazole rings is 1. The lowest BCUT2D eigenvalue weighted by Crippen LogP contribution is -2.41. The molecule has 1 aromatic heterocycles. The van der Waals surface area contributed by atoms with Gasteiger partial charge in [0.2, 0.25) is 0 Å². The number of esters is 1. The molecule has 2 aromatic carbocycles. The van der Waals surface area contributed by atoms with Crippen molar-refractivity contribution in [3.05, 3.63) is 101 Å². The molecular formula is C27H24ClF3N2O3S. The third-order valence-electron chi connectivity index (χ3n) is 5.86. The minimum atomic E-state index is -4.95. The molecule has 10 heteroatoms. The number of fused-ring (bicyclic) bond motifs is 1. The first-order valence-corrected chi connectivity index (χ1v) is 12.7. The number of allylic oxidation sites excluding steroid dienone is 1. The number of aromatic nitrogens is 1. The Balaban J connectivity index is 1.98. The average Bonchev–Trinajstić information content (AvgIpc) is 3.13. The van der Waals surface area contributed by atoms with Crippen LogP contribution in [0.3, 0.4) is 0 Å². The number of carbonyl (C=O) groups excluding carboxylic acids is 1. The van der Waals surface area contributed by atoms with Gasteiger partial charge in [0.25, 0.3) is 5.56 Å². The van der Waals surface area contributed by atoms with Gasteiger partial charge in [-0.05, 0) is 47.2 Å². The van der Waals surface area contributed by atoms with E-state index in [0.29, 0.717) is 10.6 Å². The van der Waals surface area contributed by atoms with E-state index in [1.54, 1.807) is 6.08 Å². The number of hydrogen-bond acceptors (Lipinski definition) is 5. The summed E-state index contributed by atoms with van der Waals surface area (Å²) in [5.41, 5.74) is -0.672. The molecule has 2 heterocycles. The molecule has 1 aliphatic rings. The Morgan fingerprint density at radius 3 is 2.27 bits per heavy atom. The highest BCUT2D eigenvalue weighted by Gasteiger charge is 2.45. The summed E-state index contributed by atoms with van der Waals surface area (Å²) < 4.78 is 48.7. The van der Waals surface area contributed by atoms with Gasteiger partial charge in [-0.1, -0.05) is 80.1 Å². The first-order valence-electron chi connectivity index (χ1n) is 11.5. The van der Waals surface area contributed by atoms with E-state index in [1.165, 1.54) is 31.2 Å². The number of ether oxygens (including phenoxy) is 1. The van der Waals surface area contributed by atoms with Gasteiger partial charge < -0.3 is 4.74 Å². The molecular weight excluding hydrogens is 525 g/mol. The van der Waals surface area contributed by atoms with E-state index in [0.717, 1.165) is 21.5 Å². The SMILES string of the molecule is CCOC(=O)C1=C(C(F)(F)F)N=c2s/c(=C\c3ccc(C(C)(C)C)cc3)c(=O)n2[C@H]1c1ccc(Cl)cc1. The van der Waals surface area contributed by atoms with Crippen LogP contribution in [0.25, 0.3) is 6.08 Å². The van der Waals surface area contributed by atoms with Crippen molar-refractivity contribution in [2.24, 2.45) is 4.99 Å². The summed E-state index contributed by atoms with van der Waals surface area (Å²) in [5.74, 6) is -1.19. The zero-order valence-electron chi connectivity index (χ0n) is 20.5. The second-order valence-corrected chi connectivity index (χ2v) is 10.9. The second kappa shape index (κ2) is 9.95. The molecule has 0 N–H and O–H groups in total. The van der Waals surface area contributed by atoms with Crippen LogP contribution in [-0.4, -0.2) is 23.3 Å². The summed E-state index contributed by atoms with van der Waals surface area (Å²) in [7, 11) is 0. The number of hydrogen-bond donors (Lipinski definition) is 0. The van der Waals surface area contributed by atoms with Crippen LogP contribution in [0.5, 0.6) is 0 Å². The molecule has 5 nitrogen and oxygen atoms in total. The highest BCUT2D eigenvalue weighted by atomic mass is 35.5. The zero-order valence-corrected chi connectivity index (χ0v) is 22.1. The summed E-state index contributed by atoms with van der Waals surface area (Å²) in [6, 6.07) is 12.1. The van der Waals surface area contributed by atoms with E-state index in [1.807, 2.05) is 24.3 Å². The first kappa shape index (κ1) is 26.9. The van der Waals surface area contributed by atoms with Crippen LogP contribution in [0.15, 0.2) is 69.6 Å². The molecule has 4 rings (SSSR count). The fraction of sp³-hybridized carbons (Fsp3) is 0.296. The number of alkyl halides is 3. The predicted octanol–water partition coefficient (Wildman–Crippen LogP) is 5.29. The van der Waals surface area contributed by atoms with Crippen molar-refractivity contribution in [1.82, 2.24) is 4.57 Å². The van der Waals surface area contributed by atoms with Crippen LogP contribution < -0.4 is 14.9 Å². The Hall–Kier alpha value is -3.17. The molecule has 0 saturated heterocycles. The lowest BCUT2D eigenvalue weighted by molar-refractivity contribution is -0.140. The molecule has 0 radical (unpaired) electrons. The van der Waals surface area contributed by atoms with Crippen molar-refractivity contribution in [3.8, 4) is 0 Å². The maximum atomic E-state index is 14.2. The minimum Gasteiger partial charge on any atom is -0.463 e. The van der Waals surface area contributed by atoms with E-state index in [2.05, 4.69) is 25.8 Å². The number of benzene rings is 2. The molecule has 0 aliphatic carbocycles. The van der Waals surface area contributed by atoms with Gasteiger partial charge in [-0.3, -0.25) is 9.36 Å². The lowest BCUT2D eigenvalue weighted by atomic mass is 9.87. The monoisotopic (exact) mass is 548 g/mol. The average molecular weight is 549 g/mol. The van der Waals surface area contributed by atoms with Crippen molar-refractivity contribution in [2.75, 3.05) is 6.61 Å². The van der Waals surface area contributed by atoms with Gasteiger partial charge in [-0.25, -0.2) is 9.79 Å². The van der Waals surface area contributed by atoms with E-state index in [-0.39, 0.29) is 26.9 Å². The van der Waals surface area contributed by atoms with Crippen molar-refractivity contribution in [2.45, 2.75) is 45.3 Å². The molecule has 0 spiro atoms. The van der Waals surface area contributed by atoms with E-state index < -0.39 is 35.0 Å². The van der Waals surface area contributed by atoms with Crippen LogP contribution in [0.4, 0.5) is 13.2 Å². The summed E-state index contributed by atoms with van der Waals surface area (Å²) >= 11 is 6.82. The molecule has 3 aromatic rings. The number of nitrogens with zero attached hydrogens (tertiary/aromatic N) is 2. The molecule has 0 amide bonds. The smallest absolute Gasteiger partial charge is 0.434 e. The third-order valence-corrected chi connectivity index (χ3v) is 7.09. The Morgan fingerprint density at radius 2 is 1.73 bits per heavy atom. The molecule has 1 atom stereocenters. The fourth-order valence-corrected chi connectivity index (χ4v) is 5.16. The van der Waals surface area contributed by atoms with Gasteiger partial charge in [0.05, 0.1) is 22.8 Å². The molecule has 37 heavy (non-hydrogen) atoms. The van der Waals surface area contributed by atoms with Crippen molar-refractivity contribution < 1.29 is 22.7 Å². The van der Waals surface area contributed by atoms with Gasteiger partial charge in [0, 0.05) is 5.02 Å². The summed E-state index contributed by atoms with van der Waals surface area (Å²) in [6.07, 6.45) is -3.35. The Bertz CT molecular complexity index is 1550. The largest absolute Gasteiger partial charge is 0.463 e. The fourth-order valence-electron chi connectivity index (χ4n) is 4.03. The zero-order chi connectivity index (χ0) is 27.1. The van der Waals surface area contributed by atoms with Gasteiger partial charge in [0.15, 0.2) is 10.5 Å². The van der Waals surface area contributed by atoms with Crippen LogP contribution in [0.1, 0.15) is 50.4 Å². The van der Waals surface area contributed by atoms with Gasteiger partial charge >= 0.3 is 12.1 Å². The number of halogens is 4. The summed E-state index contributed by atoms with van der Waals surface area (Å²) in [5, 5.41) is 0.354. The maximum Gasteiger partial charge on any atom is 0.434 e. The van der Waals surface area contributed by atoms with E-state index in [9.17, 15) is 22.8 Å². The van der Waals surface area contributed by atoms with Crippen LogP contribution in [-0.2, 0) is 14.9 Å². The van der Waals surface area contributed by atoms with Crippen molar-refractivity contribution >= 4 is 35.0 Å². The van der Waals surface area contributed by atoms with Gasteiger partial charge in [-0.2, -0.15) is 13.2 Å². The van der Waals surface area contributed by atoms with Crippen LogP contribution >= 0.6 is 22.9 Å². The number of carbonyl (C=O) groups is 1. The molecule has 1 aliphatic heterocycles. The summed E-state index contributed by atoms with van der Waals surface area (Å²) in [6.45, 7) is 7.58. The topological polar surface area (TPSA) is 60.7 Å². The first-order chi connectivity index (χ1) is 17.3. The predicted molar refractivity (Wildman–Crippen MR) is 137 cm³/mol. The van der Waals surface area contributed by atoms with Crippen molar-refractivity contribution in [1.29, 1.82) is 0 Å². The minimum absolute atomic E-state index is 0.0616. The van der Waals surface area contributed by atoms with E-state index in [4.69, 9.17) is 16.3 Å². The van der Waals surface area contributed by atoms with E-state index >= 15 is 0 Å². The second-order valence-electron chi connectivity index (χ2n) is 9.49. The third kappa shape index (κ3) is 5.43. The van der Waals surface area contributed by atoms with Crippen molar-refractivity contribution in [3.63, 3.8) is 0 Å². The molecule has 0 fully saturated rings. The highest BCUT2D eigenvalue weighted by Crippen LogP contribution is 2.38. The Morgan fingerprint density at radius 1 is 1.11 bits per heavy atom. The highest BCUT2D eigenvalue weighted by molar-refractivity contribution is 7.07. The van der Waals surface area contributed by atoms with Gasteiger partial charge in [-0.15, -0.1) is 0 Å². The van der Waals surface area contributed by atoms with Crippen LogP contribution in [0, 0.1) is 0 Å². The van der Waals surface area contributed by atoms with Gasteiger partial charge in [0.1, 0.15) is 0 Å². The maximum absolute atomic E-state index is 14.2. The quantitative estimate of drug-likeness (QED) is 0.416. The molecule has 0 bridgehead atoms. The Labute approximate surface area is 220 Å². The van der Waals surface area contributed by atoms with Crippen LogP contribution in [0.2, 0.25) is 5.02 Å². The molecule has 194 valence electrons. The Kier molecular flexibility index (Phi) is 7.23. The molecule has 0 unspecified atom stereocenters. The summed E-state index contributed by atoms with van der Waals surface area (Å²) in [4.78, 5) is 30.0. The standard InChI is InChI=1S/C27H24ClF3N2O3S/c1-5-36-24(35)20-21(16-8-12-18(28)13-9-16)33-23(34)19(37-25(33)32-22(20)27(29,30)31)14-15-6-10-17(11-7-15)26(2,3)4/h6-14,21H,5H2,1-4H3/b19-14-/t21-/m0/s1. The molecule has 0 saturated carbocycles.